The van der Waals surface area contributed by atoms with Crippen LogP contribution in [0.4, 0.5) is 0 Å². The molecule has 0 amide bonds. The summed E-state index contributed by atoms with van der Waals surface area (Å²) in [4.78, 5) is 4.22. The number of hydrogen-bond acceptors (Lipinski definition) is 3. The van der Waals surface area contributed by atoms with E-state index in [0.717, 1.165) is 23.3 Å². The Bertz CT molecular complexity index is 1140. The Kier molecular flexibility index (Phi) is 5.30. The molecule has 5 rings (SSSR count). The molecule has 2 atom stereocenters. The molecular weight excluding hydrogens is 415 g/mol. The highest BCUT2D eigenvalue weighted by atomic mass is 35.5. The van der Waals surface area contributed by atoms with Crippen molar-refractivity contribution in [2.75, 3.05) is 6.54 Å². The summed E-state index contributed by atoms with van der Waals surface area (Å²) in [5.74, 6) is 0.224. The lowest BCUT2D eigenvalue weighted by Gasteiger charge is -2.33. The third kappa shape index (κ3) is 3.27. The van der Waals surface area contributed by atoms with Gasteiger partial charge in [0.2, 0.25) is 0 Å². The van der Waals surface area contributed by atoms with Crippen molar-refractivity contribution in [2.45, 2.75) is 12.0 Å². The number of hydrogen-bond donors (Lipinski definition) is 1. The summed E-state index contributed by atoms with van der Waals surface area (Å²) in [7, 11) is 0. The second-order valence-corrected chi connectivity index (χ2v) is 7.54. The highest BCUT2D eigenvalue weighted by Crippen LogP contribution is 2.38. The average Bonchev–Trinajstić information content (AvgIpc) is 3.17. The van der Waals surface area contributed by atoms with Crippen molar-refractivity contribution < 1.29 is 0 Å². The van der Waals surface area contributed by atoms with Gasteiger partial charge in [-0.1, -0.05) is 59.6 Å². The molecule has 0 spiro atoms. The summed E-state index contributed by atoms with van der Waals surface area (Å²) >= 11 is 12.4. The van der Waals surface area contributed by atoms with Gasteiger partial charge in [-0.05, 0) is 40.5 Å². The van der Waals surface area contributed by atoms with Gasteiger partial charge in [0.1, 0.15) is 6.33 Å². The molecule has 3 heterocycles. The lowest BCUT2D eigenvalue weighted by atomic mass is 9.81. The van der Waals surface area contributed by atoms with Gasteiger partial charge in [0.05, 0.1) is 16.1 Å². The number of nitrogens with one attached hydrogen (secondary N) is 1. The van der Waals surface area contributed by atoms with Crippen molar-refractivity contribution in [3.63, 3.8) is 0 Å². The van der Waals surface area contributed by atoms with Gasteiger partial charge in [-0.2, -0.15) is 5.10 Å². The van der Waals surface area contributed by atoms with E-state index in [4.69, 9.17) is 23.2 Å². The summed E-state index contributed by atoms with van der Waals surface area (Å²) in [6.07, 6.45) is 3.61. The quantitative estimate of drug-likeness (QED) is 0.469. The maximum Gasteiger partial charge on any atom is 0.155 e. The standard InChI is InChI=1S/C21H16Cl2N4.ClH/c22-18-7-5-13(9-19(18)23)17-10-24-21(16-4-2-1-3-15(16)17)14-6-8-20-25-12-26-27(20)11-14;/h1-9,11-12,17,21,24H,10H2;1H. The summed E-state index contributed by atoms with van der Waals surface area (Å²) < 4.78 is 1.81. The highest BCUT2D eigenvalue weighted by molar-refractivity contribution is 6.42. The van der Waals surface area contributed by atoms with Gasteiger partial charge in [0.25, 0.3) is 0 Å². The first-order chi connectivity index (χ1) is 13.2. The maximum atomic E-state index is 6.26. The van der Waals surface area contributed by atoms with E-state index in [-0.39, 0.29) is 24.4 Å². The zero-order valence-electron chi connectivity index (χ0n) is 14.7. The lowest BCUT2D eigenvalue weighted by Crippen LogP contribution is -2.34. The summed E-state index contributed by atoms with van der Waals surface area (Å²) in [5, 5.41) is 9.12. The summed E-state index contributed by atoms with van der Waals surface area (Å²) in [6.45, 7) is 0.815. The van der Waals surface area contributed by atoms with Crippen LogP contribution in [0.2, 0.25) is 10.0 Å². The van der Waals surface area contributed by atoms with Crippen LogP contribution in [0, 0.1) is 0 Å². The first-order valence-electron chi connectivity index (χ1n) is 8.77. The van der Waals surface area contributed by atoms with Crippen LogP contribution < -0.4 is 5.32 Å². The summed E-state index contributed by atoms with van der Waals surface area (Å²) in [6, 6.07) is 18.7. The Labute approximate surface area is 178 Å². The van der Waals surface area contributed by atoms with E-state index in [0.29, 0.717) is 10.0 Å². The predicted molar refractivity (Wildman–Crippen MR) is 115 cm³/mol. The number of benzene rings is 2. The molecule has 2 aromatic carbocycles. The molecule has 7 heteroatoms. The Morgan fingerprint density at radius 2 is 1.71 bits per heavy atom. The van der Waals surface area contributed by atoms with Crippen LogP contribution in [0.5, 0.6) is 0 Å². The van der Waals surface area contributed by atoms with Crippen LogP contribution in [-0.4, -0.2) is 21.1 Å². The molecule has 1 aliphatic heterocycles. The van der Waals surface area contributed by atoms with Gasteiger partial charge in [0.15, 0.2) is 5.65 Å². The third-order valence-corrected chi connectivity index (χ3v) is 5.92. The van der Waals surface area contributed by atoms with Crippen LogP contribution in [0.15, 0.2) is 67.1 Å². The fourth-order valence-corrected chi connectivity index (χ4v) is 4.18. The summed E-state index contributed by atoms with van der Waals surface area (Å²) in [5.41, 5.74) is 5.73. The van der Waals surface area contributed by atoms with Crippen molar-refractivity contribution in [2.24, 2.45) is 0 Å². The van der Waals surface area contributed by atoms with Crippen LogP contribution in [0.25, 0.3) is 5.65 Å². The van der Waals surface area contributed by atoms with Gasteiger partial charge in [-0.25, -0.2) is 9.50 Å². The van der Waals surface area contributed by atoms with Crippen molar-refractivity contribution in [3.05, 3.63) is 99.4 Å². The second kappa shape index (κ2) is 7.72. The fraction of sp³-hybridized carbons (Fsp3) is 0.143. The van der Waals surface area contributed by atoms with E-state index in [9.17, 15) is 0 Å². The number of rotatable bonds is 2. The topological polar surface area (TPSA) is 42.2 Å². The molecule has 0 saturated heterocycles. The monoisotopic (exact) mass is 430 g/mol. The molecule has 142 valence electrons. The normalized spacial score (nSPS) is 18.5. The van der Waals surface area contributed by atoms with Crippen LogP contribution in [0.3, 0.4) is 0 Å². The predicted octanol–water partition coefficient (Wildman–Crippen LogP) is 5.28. The Hall–Kier alpha value is -2.11. The fourth-order valence-electron chi connectivity index (χ4n) is 3.87. The first kappa shape index (κ1) is 19.2. The molecule has 0 fully saturated rings. The van der Waals surface area contributed by atoms with E-state index in [1.807, 2.05) is 28.9 Å². The molecule has 0 aliphatic carbocycles. The van der Waals surface area contributed by atoms with Crippen LogP contribution in [0.1, 0.15) is 34.2 Å². The number of pyridine rings is 1. The van der Waals surface area contributed by atoms with Crippen LogP contribution >= 0.6 is 35.6 Å². The van der Waals surface area contributed by atoms with Gasteiger partial charge >= 0.3 is 0 Å². The molecule has 2 aromatic heterocycles. The third-order valence-electron chi connectivity index (χ3n) is 5.18. The van der Waals surface area contributed by atoms with E-state index in [2.05, 4.69) is 51.8 Å². The Morgan fingerprint density at radius 1 is 0.929 bits per heavy atom. The van der Waals surface area contributed by atoms with Crippen LogP contribution in [-0.2, 0) is 0 Å². The number of fused-ring (bicyclic) bond motifs is 2. The molecular formula is C21H17Cl3N4. The Balaban J connectivity index is 0.00000192. The van der Waals surface area contributed by atoms with Crippen molar-refractivity contribution in [1.29, 1.82) is 0 Å². The molecule has 2 unspecified atom stereocenters. The first-order valence-corrected chi connectivity index (χ1v) is 9.53. The SMILES string of the molecule is Cl.Clc1ccc(C2CNC(c3ccc4ncnn4c3)c3ccccc32)cc1Cl. The number of aromatic nitrogens is 3. The molecule has 4 aromatic rings. The van der Waals surface area contributed by atoms with Crippen molar-refractivity contribution in [1.82, 2.24) is 19.9 Å². The molecule has 0 radical (unpaired) electrons. The average molecular weight is 432 g/mol. The largest absolute Gasteiger partial charge is 0.305 e. The van der Waals surface area contributed by atoms with E-state index < -0.39 is 0 Å². The molecule has 0 saturated carbocycles. The van der Waals surface area contributed by atoms with Crippen molar-refractivity contribution >= 4 is 41.3 Å². The molecule has 0 bridgehead atoms. The van der Waals surface area contributed by atoms with E-state index >= 15 is 0 Å². The number of nitrogens with zero attached hydrogens (tertiary/aromatic N) is 3. The molecule has 4 nitrogen and oxygen atoms in total. The minimum absolute atomic E-state index is 0. The molecule has 28 heavy (non-hydrogen) atoms. The minimum Gasteiger partial charge on any atom is -0.305 e. The molecule has 1 N–H and O–H groups in total. The smallest absolute Gasteiger partial charge is 0.155 e. The zero-order valence-corrected chi connectivity index (χ0v) is 17.0. The zero-order chi connectivity index (χ0) is 18.4. The van der Waals surface area contributed by atoms with Crippen molar-refractivity contribution in [3.8, 4) is 0 Å². The second-order valence-electron chi connectivity index (χ2n) is 6.72. The molecule has 1 aliphatic rings. The van der Waals surface area contributed by atoms with Gasteiger partial charge < -0.3 is 5.32 Å². The van der Waals surface area contributed by atoms with Gasteiger partial charge in [-0.3, -0.25) is 0 Å². The number of halogens is 3. The van der Waals surface area contributed by atoms with E-state index in [1.165, 1.54) is 11.1 Å². The van der Waals surface area contributed by atoms with E-state index in [1.54, 1.807) is 6.33 Å². The Morgan fingerprint density at radius 3 is 2.54 bits per heavy atom. The van der Waals surface area contributed by atoms with Gasteiger partial charge in [-0.15, -0.1) is 12.4 Å². The maximum absolute atomic E-state index is 6.26. The minimum atomic E-state index is 0. The highest BCUT2D eigenvalue weighted by Gasteiger charge is 2.29. The lowest BCUT2D eigenvalue weighted by molar-refractivity contribution is 0.529. The van der Waals surface area contributed by atoms with Gasteiger partial charge in [0, 0.05) is 18.7 Å².